The van der Waals surface area contributed by atoms with Crippen molar-refractivity contribution in [3.63, 3.8) is 0 Å². The van der Waals surface area contributed by atoms with E-state index in [1.54, 1.807) is 0 Å². The second-order valence-corrected chi connectivity index (χ2v) is 5.24. The molecule has 2 rings (SSSR count). The summed E-state index contributed by atoms with van der Waals surface area (Å²) in [5.74, 6) is 0. The lowest BCUT2D eigenvalue weighted by Gasteiger charge is -2.21. The number of rotatable bonds is 3. The van der Waals surface area contributed by atoms with Crippen molar-refractivity contribution in [3.8, 4) is 0 Å². The van der Waals surface area contributed by atoms with Crippen LogP contribution in [0.15, 0.2) is 12.1 Å². The number of hydrogen-bond donors (Lipinski definition) is 1. The number of benzene rings is 1. The fraction of sp³-hybridized carbons (Fsp3) is 0.600. The molecule has 1 N–H and O–H groups in total. The summed E-state index contributed by atoms with van der Waals surface area (Å²) in [5, 5.41) is 3.66. The fourth-order valence-electron chi connectivity index (χ4n) is 2.56. The molecule has 0 amide bonds. The standard InChI is InChI=1S/C15H23NO/c1-10-7-12(3)15(8-11(10)2)13(4)16-14-5-6-17-9-14/h7-8,13-14,16H,5-6,9H2,1-4H3. The van der Waals surface area contributed by atoms with Gasteiger partial charge in [0.1, 0.15) is 0 Å². The van der Waals surface area contributed by atoms with Crippen LogP contribution in [-0.2, 0) is 4.74 Å². The van der Waals surface area contributed by atoms with Gasteiger partial charge in [0.15, 0.2) is 0 Å². The molecular weight excluding hydrogens is 210 g/mol. The molecule has 1 aromatic rings. The highest BCUT2D eigenvalue weighted by atomic mass is 16.5. The molecule has 17 heavy (non-hydrogen) atoms. The highest BCUT2D eigenvalue weighted by Crippen LogP contribution is 2.22. The van der Waals surface area contributed by atoms with Crippen LogP contribution < -0.4 is 5.32 Å². The summed E-state index contributed by atoms with van der Waals surface area (Å²) in [5.41, 5.74) is 5.55. The normalized spacial score (nSPS) is 21.8. The maximum Gasteiger partial charge on any atom is 0.0620 e. The van der Waals surface area contributed by atoms with Gasteiger partial charge in [0.25, 0.3) is 0 Å². The van der Waals surface area contributed by atoms with Crippen LogP contribution in [0.25, 0.3) is 0 Å². The molecule has 94 valence electrons. The molecule has 1 saturated heterocycles. The first-order valence-electron chi connectivity index (χ1n) is 6.49. The van der Waals surface area contributed by atoms with E-state index in [0.29, 0.717) is 12.1 Å². The zero-order valence-electron chi connectivity index (χ0n) is 11.3. The zero-order chi connectivity index (χ0) is 12.4. The van der Waals surface area contributed by atoms with E-state index >= 15 is 0 Å². The van der Waals surface area contributed by atoms with Crippen molar-refractivity contribution in [1.82, 2.24) is 5.32 Å². The van der Waals surface area contributed by atoms with Gasteiger partial charge in [-0.3, -0.25) is 0 Å². The molecule has 2 nitrogen and oxygen atoms in total. The van der Waals surface area contributed by atoms with E-state index in [2.05, 4.69) is 45.1 Å². The largest absolute Gasteiger partial charge is 0.380 e. The maximum atomic E-state index is 5.40. The zero-order valence-corrected chi connectivity index (χ0v) is 11.3. The molecule has 2 atom stereocenters. The Hall–Kier alpha value is -0.860. The number of hydrogen-bond acceptors (Lipinski definition) is 2. The highest BCUT2D eigenvalue weighted by Gasteiger charge is 2.19. The predicted molar refractivity (Wildman–Crippen MR) is 71.4 cm³/mol. The van der Waals surface area contributed by atoms with Gasteiger partial charge in [0.05, 0.1) is 6.61 Å². The molecule has 0 spiro atoms. The van der Waals surface area contributed by atoms with Crippen molar-refractivity contribution in [1.29, 1.82) is 0 Å². The van der Waals surface area contributed by atoms with Gasteiger partial charge in [-0.15, -0.1) is 0 Å². The average Bonchev–Trinajstić information content (AvgIpc) is 2.76. The summed E-state index contributed by atoms with van der Waals surface area (Å²) in [6, 6.07) is 5.53. The Bertz CT molecular complexity index is 394. The van der Waals surface area contributed by atoms with Crippen molar-refractivity contribution in [3.05, 3.63) is 34.4 Å². The minimum Gasteiger partial charge on any atom is -0.380 e. The van der Waals surface area contributed by atoms with Crippen molar-refractivity contribution in [2.75, 3.05) is 13.2 Å². The Morgan fingerprint density at radius 2 is 1.88 bits per heavy atom. The van der Waals surface area contributed by atoms with Gasteiger partial charge in [-0.05, 0) is 56.4 Å². The van der Waals surface area contributed by atoms with Crippen LogP contribution in [0.3, 0.4) is 0 Å². The van der Waals surface area contributed by atoms with Gasteiger partial charge in [0.2, 0.25) is 0 Å². The molecule has 0 saturated carbocycles. The first-order valence-corrected chi connectivity index (χ1v) is 6.49. The predicted octanol–water partition coefficient (Wildman–Crippen LogP) is 3.05. The number of aryl methyl sites for hydroxylation is 3. The highest BCUT2D eigenvalue weighted by molar-refractivity contribution is 5.38. The van der Waals surface area contributed by atoms with E-state index in [0.717, 1.165) is 19.6 Å². The molecule has 1 aliphatic rings. The number of ether oxygens (including phenoxy) is 1. The van der Waals surface area contributed by atoms with Crippen molar-refractivity contribution < 1.29 is 4.74 Å². The van der Waals surface area contributed by atoms with Gasteiger partial charge in [-0.1, -0.05) is 12.1 Å². The van der Waals surface area contributed by atoms with Gasteiger partial charge in [0, 0.05) is 18.7 Å². The summed E-state index contributed by atoms with van der Waals surface area (Å²) in [4.78, 5) is 0. The maximum absolute atomic E-state index is 5.40. The Morgan fingerprint density at radius 1 is 1.18 bits per heavy atom. The van der Waals surface area contributed by atoms with Crippen LogP contribution in [0, 0.1) is 20.8 Å². The smallest absolute Gasteiger partial charge is 0.0620 e. The molecule has 0 aliphatic carbocycles. The van der Waals surface area contributed by atoms with Crippen LogP contribution in [0.1, 0.15) is 41.6 Å². The minimum atomic E-state index is 0.404. The van der Waals surface area contributed by atoms with E-state index in [9.17, 15) is 0 Å². The summed E-state index contributed by atoms with van der Waals surface area (Å²) in [6.45, 7) is 10.6. The summed E-state index contributed by atoms with van der Waals surface area (Å²) >= 11 is 0. The monoisotopic (exact) mass is 233 g/mol. The third-order valence-corrected chi connectivity index (χ3v) is 3.76. The second kappa shape index (κ2) is 5.19. The van der Waals surface area contributed by atoms with E-state index < -0.39 is 0 Å². The van der Waals surface area contributed by atoms with E-state index in [1.165, 1.54) is 22.3 Å². The molecule has 0 bridgehead atoms. The average molecular weight is 233 g/mol. The summed E-state index contributed by atoms with van der Waals surface area (Å²) in [7, 11) is 0. The topological polar surface area (TPSA) is 21.3 Å². The molecule has 1 fully saturated rings. The van der Waals surface area contributed by atoms with Crippen molar-refractivity contribution >= 4 is 0 Å². The van der Waals surface area contributed by atoms with Crippen LogP contribution in [-0.4, -0.2) is 19.3 Å². The molecule has 0 aromatic heterocycles. The van der Waals surface area contributed by atoms with Crippen LogP contribution in [0.4, 0.5) is 0 Å². The minimum absolute atomic E-state index is 0.404. The van der Waals surface area contributed by atoms with Crippen molar-refractivity contribution in [2.45, 2.75) is 46.2 Å². The third-order valence-electron chi connectivity index (χ3n) is 3.76. The van der Waals surface area contributed by atoms with E-state index in [4.69, 9.17) is 4.74 Å². The molecular formula is C15H23NO. The van der Waals surface area contributed by atoms with Gasteiger partial charge >= 0.3 is 0 Å². The summed E-state index contributed by atoms with van der Waals surface area (Å²) < 4.78 is 5.40. The van der Waals surface area contributed by atoms with E-state index in [-0.39, 0.29) is 0 Å². The Kier molecular flexibility index (Phi) is 3.85. The first-order chi connectivity index (χ1) is 8.08. The lowest BCUT2D eigenvalue weighted by molar-refractivity contribution is 0.188. The quantitative estimate of drug-likeness (QED) is 0.866. The van der Waals surface area contributed by atoms with Gasteiger partial charge in [-0.25, -0.2) is 0 Å². The Balaban J connectivity index is 2.12. The Labute approximate surface area is 104 Å². The number of nitrogens with one attached hydrogen (secondary N) is 1. The molecule has 2 heteroatoms. The molecule has 1 heterocycles. The molecule has 0 radical (unpaired) electrons. The van der Waals surface area contributed by atoms with Gasteiger partial charge in [-0.2, -0.15) is 0 Å². The third kappa shape index (κ3) is 2.88. The van der Waals surface area contributed by atoms with E-state index in [1.807, 2.05) is 0 Å². The SMILES string of the molecule is Cc1cc(C)c(C(C)NC2CCOC2)cc1C. The fourth-order valence-corrected chi connectivity index (χ4v) is 2.56. The lowest BCUT2D eigenvalue weighted by atomic mass is 9.96. The molecule has 1 aromatic carbocycles. The van der Waals surface area contributed by atoms with Crippen LogP contribution >= 0.6 is 0 Å². The van der Waals surface area contributed by atoms with Crippen LogP contribution in [0.2, 0.25) is 0 Å². The summed E-state index contributed by atoms with van der Waals surface area (Å²) in [6.07, 6.45) is 1.13. The van der Waals surface area contributed by atoms with Crippen LogP contribution in [0.5, 0.6) is 0 Å². The second-order valence-electron chi connectivity index (χ2n) is 5.24. The first kappa shape index (κ1) is 12.6. The Morgan fingerprint density at radius 3 is 2.53 bits per heavy atom. The van der Waals surface area contributed by atoms with Gasteiger partial charge < -0.3 is 10.1 Å². The lowest BCUT2D eigenvalue weighted by Crippen LogP contribution is -2.32. The van der Waals surface area contributed by atoms with Crippen molar-refractivity contribution in [2.24, 2.45) is 0 Å². The molecule has 2 unspecified atom stereocenters. The molecule has 1 aliphatic heterocycles.